The Morgan fingerprint density at radius 3 is 3.09 bits per heavy atom. The lowest BCUT2D eigenvalue weighted by Crippen LogP contribution is -2.27. The van der Waals surface area contributed by atoms with Crippen LogP contribution in [0.3, 0.4) is 0 Å². The summed E-state index contributed by atoms with van der Waals surface area (Å²) in [6.07, 6.45) is 3.39. The van der Waals surface area contributed by atoms with Crippen LogP contribution < -0.4 is 5.32 Å². The van der Waals surface area contributed by atoms with E-state index in [9.17, 15) is 4.79 Å². The molecule has 0 atom stereocenters. The number of amides is 1. The first-order chi connectivity index (χ1) is 11.1. The quantitative estimate of drug-likeness (QED) is 0.621. The van der Waals surface area contributed by atoms with Crippen LogP contribution in [0.25, 0.3) is 4.96 Å². The van der Waals surface area contributed by atoms with Gasteiger partial charge in [0, 0.05) is 19.4 Å². The van der Waals surface area contributed by atoms with E-state index in [1.54, 1.807) is 15.9 Å². The van der Waals surface area contributed by atoms with Gasteiger partial charge in [0.05, 0.1) is 17.6 Å². The molecule has 23 heavy (non-hydrogen) atoms. The SMILES string of the molecule is CCc1nc(SCC(=O)NCCc2cn3nc(C)sc3n2)n[nH]1. The molecule has 0 aromatic carbocycles. The summed E-state index contributed by atoms with van der Waals surface area (Å²) in [5.41, 5.74) is 0.929. The fraction of sp³-hybridized carbons (Fsp3) is 0.462. The Kier molecular flexibility index (Phi) is 4.91. The normalized spacial score (nSPS) is 11.2. The zero-order chi connectivity index (χ0) is 16.2. The van der Waals surface area contributed by atoms with Gasteiger partial charge in [-0.25, -0.2) is 14.5 Å². The van der Waals surface area contributed by atoms with Crippen molar-refractivity contribution in [2.45, 2.75) is 31.8 Å². The third-order valence-corrected chi connectivity index (χ3v) is 4.76. The van der Waals surface area contributed by atoms with Crippen molar-refractivity contribution in [1.29, 1.82) is 0 Å². The number of carbonyl (C=O) groups is 1. The Hall–Kier alpha value is -1.94. The number of nitrogens with zero attached hydrogens (tertiary/aromatic N) is 5. The highest BCUT2D eigenvalue weighted by atomic mass is 32.2. The molecule has 3 rings (SSSR count). The number of nitrogens with one attached hydrogen (secondary N) is 2. The Morgan fingerprint density at radius 1 is 1.48 bits per heavy atom. The highest BCUT2D eigenvalue weighted by Crippen LogP contribution is 2.14. The van der Waals surface area contributed by atoms with Crippen LogP contribution >= 0.6 is 23.1 Å². The smallest absolute Gasteiger partial charge is 0.230 e. The molecular weight excluding hydrogens is 334 g/mol. The summed E-state index contributed by atoms with van der Waals surface area (Å²) in [5.74, 6) is 1.10. The van der Waals surface area contributed by atoms with Crippen LogP contribution in [0, 0.1) is 6.92 Å². The summed E-state index contributed by atoms with van der Waals surface area (Å²) < 4.78 is 1.78. The van der Waals surface area contributed by atoms with E-state index in [2.05, 4.69) is 30.6 Å². The average molecular weight is 351 g/mol. The summed E-state index contributed by atoms with van der Waals surface area (Å²) in [6, 6.07) is 0. The second kappa shape index (κ2) is 7.09. The molecule has 2 N–H and O–H groups in total. The van der Waals surface area contributed by atoms with Gasteiger partial charge in [-0.05, 0) is 6.92 Å². The molecule has 0 bridgehead atoms. The van der Waals surface area contributed by atoms with Crippen LogP contribution in [0.1, 0.15) is 23.4 Å². The Labute approximate surface area is 141 Å². The predicted molar refractivity (Wildman–Crippen MR) is 88.8 cm³/mol. The van der Waals surface area contributed by atoms with Gasteiger partial charge >= 0.3 is 0 Å². The lowest BCUT2D eigenvalue weighted by molar-refractivity contribution is -0.118. The molecule has 0 aliphatic heterocycles. The van der Waals surface area contributed by atoms with E-state index in [4.69, 9.17) is 0 Å². The highest BCUT2D eigenvalue weighted by Gasteiger charge is 2.08. The molecule has 0 spiro atoms. The number of H-pyrrole nitrogens is 1. The molecule has 0 fully saturated rings. The van der Waals surface area contributed by atoms with Crippen molar-refractivity contribution in [3.63, 3.8) is 0 Å². The Bertz CT molecular complexity index is 775. The first-order valence-electron chi connectivity index (χ1n) is 7.26. The maximum atomic E-state index is 11.8. The van der Waals surface area contributed by atoms with E-state index in [-0.39, 0.29) is 5.91 Å². The minimum atomic E-state index is -0.0344. The van der Waals surface area contributed by atoms with Gasteiger partial charge in [0.15, 0.2) is 0 Å². The average Bonchev–Trinajstić information content (AvgIpc) is 3.19. The summed E-state index contributed by atoms with van der Waals surface area (Å²) in [5, 5.41) is 15.7. The zero-order valence-corrected chi connectivity index (χ0v) is 14.5. The van der Waals surface area contributed by atoms with Crippen molar-refractivity contribution in [2.24, 2.45) is 0 Å². The fourth-order valence-corrected chi connectivity index (χ4v) is 3.37. The number of rotatable bonds is 7. The van der Waals surface area contributed by atoms with E-state index in [0.29, 0.717) is 23.9 Å². The topological polar surface area (TPSA) is 101 Å². The number of carbonyl (C=O) groups excluding carboxylic acids is 1. The van der Waals surface area contributed by atoms with Crippen LogP contribution in [0.5, 0.6) is 0 Å². The third kappa shape index (κ3) is 4.08. The first-order valence-corrected chi connectivity index (χ1v) is 9.06. The molecule has 0 aliphatic carbocycles. The minimum absolute atomic E-state index is 0.0344. The zero-order valence-electron chi connectivity index (χ0n) is 12.9. The summed E-state index contributed by atoms with van der Waals surface area (Å²) in [7, 11) is 0. The van der Waals surface area contributed by atoms with Crippen molar-refractivity contribution in [3.8, 4) is 0 Å². The molecule has 1 amide bonds. The van der Waals surface area contributed by atoms with Crippen LogP contribution in [-0.4, -0.2) is 48.0 Å². The van der Waals surface area contributed by atoms with Crippen molar-refractivity contribution in [1.82, 2.24) is 35.1 Å². The molecule has 10 heteroatoms. The standard InChI is InChI=1S/C13H17N7OS2/c1-3-10-16-12(18-17-10)22-7-11(21)14-5-4-9-6-20-13(15-9)23-8(2)19-20/h6H,3-5,7H2,1-2H3,(H,14,21)(H,16,17,18). The monoisotopic (exact) mass is 351 g/mol. The lowest BCUT2D eigenvalue weighted by Gasteiger charge is -2.02. The van der Waals surface area contributed by atoms with Gasteiger partial charge in [-0.1, -0.05) is 30.0 Å². The molecule has 0 unspecified atom stereocenters. The van der Waals surface area contributed by atoms with Gasteiger partial charge in [0.1, 0.15) is 10.8 Å². The lowest BCUT2D eigenvalue weighted by atomic mass is 10.3. The van der Waals surface area contributed by atoms with Crippen molar-refractivity contribution in [2.75, 3.05) is 12.3 Å². The molecule has 8 nitrogen and oxygen atoms in total. The number of fused-ring (bicyclic) bond motifs is 1. The van der Waals surface area contributed by atoms with Crippen molar-refractivity contribution < 1.29 is 4.79 Å². The van der Waals surface area contributed by atoms with Crippen LogP contribution in [-0.2, 0) is 17.6 Å². The molecule has 0 radical (unpaired) electrons. The third-order valence-electron chi connectivity index (χ3n) is 3.08. The second-order valence-corrected chi connectivity index (χ2v) is 6.99. The van der Waals surface area contributed by atoms with Crippen LogP contribution in [0.4, 0.5) is 0 Å². The molecule has 0 saturated heterocycles. The molecule has 0 saturated carbocycles. The Morgan fingerprint density at radius 2 is 2.35 bits per heavy atom. The summed E-state index contributed by atoms with van der Waals surface area (Å²) in [6.45, 7) is 4.50. The molecule has 3 heterocycles. The number of imidazole rings is 1. The number of aromatic amines is 1. The van der Waals surface area contributed by atoms with E-state index in [1.165, 1.54) is 11.8 Å². The van der Waals surface area contributed by atoms with Crippen molar-refractivity contribution >= 4 is 34.0 Å². The maximum absolute atomic E-state index is 11.8. The second-order valence-electron chi connectivity index (χ2n) is 4.89. The number of thioether (sulfide) groups is 1. The van der Waals surface area contributed by atoms with E-state index < -0.39 is 0 Å². The van der Waals surface area contributed by atoms with Crippen LogP contribution in [0.15, 0.2) is 11.4 Å². The minimum Gasteiger partial charge on any atom is -0.355 e. The number of hydrogen-bond acceptors (Lipinski definition) is 7. The van der Waals surface area contributed by atoms with Gasteiger partial charge < -0.3 is 5.32 Å². The van der Waals surface area contributed by atoms with E-state index in [1.807, 2.05) is 20.0 Å². The Balaban J connectivity index is 1.40. The van der Waals surface area contributed by atoms with Crippen LogP contribution in [0.2, 0.25) is 0 Å². The molecule has 3 aromatic heterocycles. The molecular formula is C13H17N7OS2. The van der Waals surface area contributed by atoms with Gasteiger partial charge in [-0.15, -0.1) is 5.10 Å². The van der Waals surface area contributed by atoms with Gasteiger partial charge in [-0.3, -0.25) is 9.89 Å². The van der Waals surface area contributed by atoms with E-state index in [0.717, 1.165) is 27.9 Å². The number of hydrogen-bond donors (Lipinski definition) is 2. The summed E-state index contributed by atoms with van der Waals surface area (Å²) >= 11 is 2.88. The molecule has 0 aliphatic rings. The van der Waals surface area contributed by atoms with Gasteiger partial charge in [-0.2, -0.15) is 5.10 Å². The largest absolute Gasteiger partial charge is 0.355 e. The molecule has 122 valence electrons. The fourth-order valence-electron chi connectivity index (χ4n) is 1.98. The van der Waals surface area contributed by atoms with Gasteiger partial charge in [0.25, 0.3) is 0 Å². The maximum Gasteiger partial charge on any atom is 0.230 e. The highest BCUT2D eigenvalue weighted by molar-refractivity contribution is 7.99. The first kappa shape index (κ1) is 15.9. The van der Waals surface area contributed by atoms with E-state index >= 15 is 0 Å². The number of aryl methyl sites for hydroxylation is 2. The number of aromatic nitrogens is 6. The van der Waals surface area contributed by atoms with Crippen molar-refractivity contribution in [3.05, 3.63) is 22.7 Å². The summed E-state index contributed by atoms with van der Waals surface area (Å²) in [4.78, 5) is 21.4. The molecule has 3 aromatic rings. The van der Waals surface area contributed by atoms with Gasteiger partial charge in [0.2, 0.25) is 16.0 Å². The predicted octanol–water partition coefficient (Wildman–Crippen LogP) is 1.23.